The van der Waals surface area contributed by atoms with Crippen LogP contribution in [-0.2, 0) is 0 Å². The molecule has 0 saturated heterocycles. The number of aliphatic imine (C=N–C) groups is 3. The van der Waals surface area contributed by atoms with E-state index in [0.717, 1.165) is 31.5 Å². The molecule has 120 valence electrons. The van der Waals surface area contributed by atoms with Crippen LogP contribution in [0.3, 0.4) is 0 Å². The standard InChI is InChI=1S/C15H29N5O/c1-6-18-15(21)20-14(16-5)19-13(4)9-7-8-10-17-11-12(2)3/h10,12H,6-9,11H2,1-5H3,(H2,16,18,20,21). The predicted molar refractivity (Wildman–Crippen MR) is 90.7 cm³/mol. The van der Waals surface area contributed by atoms with Gasteiger partial charge in [-0.1, -0.05) is 13.8 Å². The van der Waals surface area contributed by atoms with Crippen LogP contribution in [0, 0.1) is 5.92 Å². The van der Waals surface area contributed by atoms with Crippen molar-refractivity contribution in [3.63, 3.8) is 0 Å². The highest BCUT2D eigenvalue weighted by Gasteiger charge is 2.03. The van der Waals surface area contributed by atoms with E-state index >= 15 is 0 Å². The maximum absolute atomic E-state index is 11.4. The summed E-state index contributed by atoms with van der Waals surface area (Å²) >= 11 is 0. The molecule has 0 aromatic heterocycles. The van der Waals surface area contributed by atoms with Crippen molar-refractivity contribution in [1.82, 2.24) is 10.6 Å². The van der Waals surface area contributed by atoms with Crippen LogP contribution >= 0.6 is 0 Å². The number of hydrogen-bond acceptors (Lipinski definition) is 3. The first kappa shape index (κ1) is 19.3. The lowest BCUT2D eigenvalue weighted by Gasteiger charge is -2.06. The van der Waals surface area contributed by atoms with Crippen molar-refractivity contribution in [3.8, 4) is 0 Å². The molecule has 6 heteroatoms. The summed E-state index contributed by atoms with van der Waals surface area (Å²) in [5, 5.41) is 5.25. The van der Waals surface area contributed by atoms with Gasteiger partial charge in [0, 0.05) is 25.8 Å². The fraction of sp³-hybridized carbons (Fsp3) is 0.733. The number of nitrogens with zero attached hydrogens (tertiary/aromatic N) is 3. The highest BCUT2D eigenvalue weighted by molar-refractivity contribution is 6.02. The Morgan fingerprint density at radius 3 is 2.62 bits per heavy atom. The highest BCUT2D eigenvalue weighted by Crippen LogP contribution is 1.98. The summed E-state index contributed by atoms with van der Waals surface area (Å²) in [4.78, 5) is 24.0. The molecule has 0 spiro atoms. The van der Waals surface area contributed by atoms with Gasteiger partial charge in [-0.15, -0.1) is 0 Å². The Labute approximate surface area is 128 Å². The van der Waals surface area contributed by atoms with Gasteiger partial charge in [0.1, 0.15) is 0 Å². The minimum atomic E-state index is -0.282. The summed E-state index contributed by atoms with van der Waals surface area (Å²) in [5.74, 6) is 0.945. The van der Waals surface area contributed by atoms with Crippen LogP contribution in [-0.4, -0.2) is 44.1 Å². The maximum atomic E-state index is 11.4. The molecular weight excluding hydrogens is 266 g/mol. The molecule has 2 N–H and O–H groups in total. The van der Waals surface area contributed by atoms with Crippen LogP contribution in [0.15, 0.2) is 15.0 Å². The van der Waals surface area contributed by atoms with Gasteiger partial charge in [0.15, 0.2) is 0 Å². The van der Waals surface area contributed by atoms with Gasteiger partial charge in [-0.05, 0) is 45.2 Å². The normalized spacial score (nSPS) is 13.0. The molecular formula is C15H29N5O. The number of rotatable bonds is 7. The van der Waals surface area contributed by atoms with Crippen LogP contribution < -0.4 is 10.6 Å². The predicted octanol–water partition coefficient (Wildman–Crippen LogP) is 2.65. The van der Waals surface area contributed by atoms with E-state index in [1.165, 1.54) is 0 Å². The maximum Gasteiger partial charge on any atom is 0.321 e. The monoisotopic (exact) mass is 295 g/mol. The Kier molecular flexibility index (Phi) is 11.1. The summed E-state index contributed by atoms with van der Waals surface area (Å²) in [6, 6.07) is -0.282. The molecule has 6 nitrogen and oxygen atoms in total. The van der Waals surface area contributed by atoms with Crippen molar-refractivity contribution in [1.29, 1.82) is 0 Å². The SMILES string of the molecule is CCNC(=O)NC(N=C(C)CCCC=NCC(C)C)=NC. The molecule has 21 heavy (non-hydrogen) atoms. The van der Waals surface area contributed by atoms with E-state index in [1.54, 1.807) is 7.05 Å². The molecule has 0 atom stereocenters. The van der Waals surface area contributed by atoms with Gasteiger partial charge in [0.2, 0.25) is 5.96 Å². The summed E-state index contributed by atoms with van der Waals surface area (Å²) in [7, 11) is 1.61. The van der Waals surface area contributed by atoms with Crippen molar-refractivity contribution < 1.29 is 4.79 Å². The number of carbonyl (C=O) groups excluding carboxylic acids is 1. The minimum Gasteiger partial charge on any atom is -0.338 e. The Balaban J connectivity index is 4.09. The molecule has 0 radical (unpaired) electrons. The van der Waals surface area contributed by atoms with Crippen LogP contribution in [0.1, 0.15) is 47.0 Å². The van der Waals surface area contributed by atoms with Crippen molar-refractivity contribution in [3.05, 3.63) is 0 Å². The average molecular weight is 295 g/mol. The van der Waals surface area contributed by atoms with Gasteiger partial charge < -0.3 is 5.32 Å². The van der Waals surface area contributed by atoms with Gasteiger partial charge in [-0.3, -0.25) is 15.3 Å². The highest BCUT2D eigenvalue weighted by atomic mass is 16.2. The molecule has 0 aliphatic heterocycles. The van der Waals surface area contributed by atoms with Gasteiger partial charge in [-0.25, -0.2) is 9.79 Å². The number of nitrogens with one attached hydrogen (secondary N) is 2. The van der Waals surface area contributed by atoms with Crippen molar-refractivity contribution in [2.75, 3.05) is 20.1 Å². The van der Waals surface area contributed by atoms with E-state index in [-0.39, 0.29) is 6.03 Å². The van der Waals surface area contributed by atoms with E-state index in [4.69, 9.17) is 0 Å². The van der Waals surface area contributed by atoms with Crippen LogP contribution in [0.5, 0.6) is 0 Å². The Morgan fingerprint density at radius 1 is 1.33 bits per heavy atom. The third-order valence-corrected chi connectivity index (χ3v) is 2.54. The molecule has 2 amide bonds. The molecule has 0 saturated carbocycles. The van der Waals surface area contributed by atoms with Gasteiger partial charge >= 0.3 is 6.03 Å². The second-order valence-corrected chi connectivity index (χ2v) is 5.21. The molecule has 0 fully saturated rings. The first-order valence-corrected chi connectivity index (χ1v) is 7.53. The molecule has 0 aliphatic rings. The second kappa shape index (κ2) is 12.1. The molecule has 0 aromatic carbocycles. The lowest BCUT2D eigenvalue weighted by Crippen LogP contribution is -2.38. The van der Waals surface area contributed by atoms with Gasteiger partial charge in [0.25, 0.3) is 0 Å². The zero-order chi connectivity index (χ0) is 16.1. The van der Waals surface area contributed by atoms with Crippen molar-refractivity contribution in [2.45, 2.75) is 47.0 Å². The Bertz CT molecular complexity index is 386. The summed E-state index contributed by atoms with van der Waals surface area (Å²) < 4.78 is 0. The first-order chi connectivity index (χ1) is 9.99. The quantitative estimate of drug-likeness (QED) is 0.423. The fourth-order valence-electron chi connectivity index (χ4n) is 1.50. The molecule has 0 unspecified atom stereocenters. The number of guanidine groups is 1. The van der Waals surface area contributed by atoms with E-state index in [1.807, 2.05) is 20.1 Å². The lowest BCUT2D eigenvalue weighted by molar-refractivity contribution is 0.245. The number of amides is 2. The summed E-state index contributed by atoms with van der Waals surface area (Å²) in [6.45, 7) is 9.56. The van der Waals surface area contributed by atoms with Gasteiger partial charge in [0.05, 0.1) is 0 Å². The number of unbranched alkanes of at least 4 members (excludes halogenated alkanes) is 1. The van der Waals surface area contributed by atoms with Crippen molar-refractivity contribution >= 4 is 23.9 Å². The molecule has 0 heterocycles. The zero-order valence-electron chi connectivity index (χ0n) is 13.9. The third-order valence-electron chi connectivity index (χ3n) is 2.54. The zero-order valence-corrected chi connectivity index (χ0v) is 13.9. The number of hydrogen-bond donors (Lipinski definition) is 2. The Morgan fingerprint density at radius 2 is 2.05 bits per heavy atom. The van der Waals surface area contributed by atoms with E-state index in [9.17, 15) is 4.79 Å². The molecule has 0 rings (SSSR count). The second-order valence-electron chi connectivity index (χ2n) is 5.21. The minimum absolute atomic E-state index is 0.282. The van der Waals surface area contributed by atoms with Crippen LogP contribution in [0.25, 0.3) is 0 Å². The van der Waals surface area contributed by atoms with Gasteiger partial charge in [-0.2, -0.15) is 0 Å². The molecule has 0 aromatic rings. The topological polar surface area (TPSA) is 78.2 Å². The van der Waals surface area contributed by atoms with Crippen LogP contribution in [0.4, 0.5) is 4.79 Å². The Hall–Kier alpha value is -1.72. The smallest absolute Gasteiger partial charge is 0.321 e. The number of carbonyl (C=O) groups is 1. The van der Waals surface area contributed by atoms with E-state index < -0.39 is 0 Å². The van der Waals surface area contributed by atoms with E-state index in [2.05, 4.69) is 39.5 Å². The molecule has 0 bridgehead atoms. The first-order valence-electron chi connectivity index (χ1n) is 7.53. The average Bonchev–Trinajstić information content (AvgIpc) is 2.41. The van der Waals surface area contributed by atoms with Crippen molar-refractivity contribution in [2.24, 2.45) is 20.9 Å². The fourth-order valence-corrected chi connectivity index (χ4v) is 1.50. The largest absolute Gasteiger partial charge is 0.338 e. The summed E-state index contributed by atoms with van der Waals surface area (Å²) in [6.07, 6.45) is 4.79. The van der Waals surface area contributed by atoms with E-state index in [0.29, 0.717) is 18.4 Å². The number of urea groups is 1. The molecule has 0 aliphatic carbocycles. The third kappa shape index (κ3) is 11.8. The van der Waals surface area contributed by atoms with Crippen LogP contribution in [0.2, 0.25) is 0 Å². The summed E-state index contributed by atoms with van der Waals surface area (Å²) in [5.41, 5.74) is 0.949. The lowest BCUT2D eigenvalue weighted by atomic mass is 10.2.